The van der Waals surface area contributed by atoms with Gasteiger partial charge in [-0.25, -0.2) is 0 Å². The topological polar surface area (TPSA) is 38.8 Å². The molecule has 2 fully saturated rings. The second kappa shape index (κ2) is 6.58. The number of carbonyl (C=O) groups is 1. The van der Waals surface area contributed by atoms with E-state index in [-0.39, 0.29) is 11.4 Å². The van der Waals surface area contributed by atoms with Gasteiger partial charge in [-0.15, -0.1) is 0 Å². The fraction of sp³-hybridized carbons (Fsp3) is 0.588. The highest BCUT2D eigenvalue weighted by molar-refractivity contribution is 5.86. The molecule has 0 radical (unpaired) electrons. The first kappa shape index (κ1) is 14.5. The molecule has 4 nitrogen and oxygen atoms in total. The zero-order valence-electron chi connectivity index (χ0n) is 12.4. The Hall–Kier alpha value is -1.39. The second-order valence-corrected chi connectivity index (χ2v) is 5.89. The van der Waals surface area contributed by atoms with Gasteiger partial charge in [0.2, 0.25) is 0 Å². The maximum absolute atomic E-state index is 12.3. The predicted octanol–water partition coefficient (Wildman–Crippen LogP) is 1.98. The number of nitrogens with zero attached hydrogens (tertiary/aromatic N) is 1. The van der Waals surface area contributed by atoms with E-state index in [9.17, 15) is 4.79 Å². The van der Waals surface area contributed by atoms with Gasteiger partial charge in [-0.3, -0.25) is 9.69 Å². The van der Waals surface area contributed by atoms with Crippen molar-refractivity contribution >= 4 is 5.97 Å². The normalized spacial score (nSPS) is 21.0. The van der Waals surface area contributed by atoms with E-state index in [4.69, 9.17) is 9.47 Å². The predicted molar refractivity (Wildman–Crippen MR) is 80.2 cm³/mol. The molecule has 21 heavy (non-hydrogen) atoms. The molecule has 1 saturated carbocycles. The Balaban J connectivity index is 1.42. The van der Waals surface area contributed by atoms with Crippen molar-refractivity contribution in [1.82, 2.24) is 4.90 Å². The minimum absolute atomic E-state index is 0.0457. The molecule has 0 bridgehead atoms. The molecule has 0 atom stereocenters. The van der Waals surface area contributed by atoms with Crippen LogP contribution in [0.4, 0.5) is 0 Å². The molecular formula is C17H23NO3. The van der Waals surface area contributed by atoms with E-state index in [0.29, 0.717) is 6.61 Å². The minimum Gasteiger partial charge on any atom is -0.465 e. The van der Waals surface area contributed by atoms with Crippen LogP contribution in [-0.4, -0.2) is 50.3 Å². The molecule has 1 aliphatic carbocycles. The first-order valence-corrected chi connectivity index (χ1v) is 7.84. The highest BCUT2D eigenvalue weighted by Crippen LogP contribution is 2.49. The Kier molecular flexibility index (Phi) is 4.56. The zero-order valence-corrected chi connectivity index (χ0v) is 12.4. The summed E-state index contributed by atoms with van der Waals surface area (Å²) in [5.41, 5.74) is 0.753. The molecule has 114 valence electrons. The van der Waals surface area contributed by atoms with E-state index in [2.05, 4.69) is 4.90 Å². The van der Waals surface area contributed by atoms with Crippen molar-refractivity contribution in [2.45, 2.75) is 24.7 Å². The maximum atomic E-state index is 12.3. The Morgan fingerprint density at radius 2 is 1.90 bits per heavy atom. The van der Waals surface area contributed by atoms with E-state index in [1.807, 2.05) is 30.3 Å². The Bertz CT molecular complexity index is 464. The van der Waals surface area contributed by atoms with E-state index >= 15 is 0 Å². The van der Waals surface area contributed by atoms with Crippen molar-refractivity contribution < 1.29 is 14.3 Å². The average Bonchev–Trinajstić information content (AvgIpc) is 3.35. The summed E-state index contributed by atoms with van der Waals surface area (Å²) in [6.07, 6.45) is 2.73. The Morgan fingerprint density at radius 1 is 1.19 bits per heavy atom. The van der Waals surface area contributed by atoms with Crippen molar-refractivity contribution in [2.24, 2.45) is 0 Å². The molecule has 3 rings (SSSR count). The molecule has 1 aromatic carbocycles. The van der Waals surface area contributed by atoms with Gasteiger partial charge in [0.25, 0.3) is 0 Å². The van der Waals surface area contributed by atoms with Crippen LogP contribution in [0.5, 0.6) is 0 Å². The van der Waals surface area contributed by atoms with Crippen molar-refractivity contribution in [1.29, 1.82) is 0 Å². The third kappa shape index (κ3) is 3.44. The summed E-state index contributed by atoms with van der Waals surface area (Å²) in [7, 11) is 0. The largest absolute Gasteiger partial charge is 0.465 e. The Labute approximate surface area is 126 Å². The first-order valence-electron chi connectivity index (χ1n) is 7.84. The monoisotopic (exact) mass is 289 g/mol. The molecule has 0 unspecified atom stereocenters. The molecule has 2 aliphatic rings. The van der Waals surface area contributed by atoms with E-state index in [1.165, 1.54) is 0 Å². The highest BCUT2D eigenvalue weighted by Gasteiger charge is 2.52. The quantitative estimate of drug-likeness (QED) is 0.593. The summed E-state index contributed by atoms with van der Waals surface area (Å²) in [6.45, 7) is 5.11. The van der Waals surface area contributed by atoms with Crippen molar-refractivity contribution in [3.8, 4) is 0 Å². The van der Waals surface area contributed by atoms with Crippen LogP contribution < -0.4 is 0 Å². The lowest BCUT2D eigenvalue weighted by molar-refractivity contribution is -0.147. The maximum Gasteiger partial charge on any atom is 0.316 e. The summed E-state index contributed by atoms with van der Waals surface area (Å²) >= 11 is 0. The van der Waals surface area contributed by atoms with Crippen LogP contribution in [0.1, 0.15) is 24.8 Å². The van der Waals surface area contributed by atoms with Gasteiger partial charge < -0.3 is 9.47 Å². The number of hydrogen-bond donors (Lipinski definition) is 0. The lowest BCUT2D eigenvalue weighted by atomic mass is 9.96. The molecule has 0 amide bonds. The van der Waals surface area contributed by atoms with Crippen LogP contribution in [0.15, 0.2) is 30.3 Å². The standard InChI is InChI=1S/C17H23NO3/c19-16(17(7-8-17)15-5-2-1-3-6-15)21-12-4-9-18-10-13-20-14-11-18/h1-3,5-6H,4,7-14H2. The summed E-state index contributed by atoms with van der Waals surface area (Å²) < 4.78 is 10.8. The van der Waals surface area contributed by atoms with Crippen LogP contribution in [0.2, 0.25) is 0 Å². The van der Waals surface area contributed by atoms with E-state index < -0.39 is 0 Å². The Morgan fingerprint density at radius 3 is 2.57 bits per heavy atom. The number of ether oxygens (including phenoxy) is 2. The van der Waals surface area contributed by atoms with Gasteiger partial charge in [0.15, 0.2) is 0 Å². The summed E-state index contributed by atoms with van der Waals surface area (Å²) in [4.78, 5) is 14.7. The van der Waals surface area contributed by atoms with Gasteiger partial charge in [0.05, 0.1) is 25.2 Å². The molecule has 1 aromatic rings. The smallest absolute Gasteiger partial charge is 0.316 e. The van der Waals surface area contributed by atoms with Crippen LogP contribution in [0.25, 0.3) is 0 Å². The first-order chi connectivity index (χ1) is 10.3. The third-order valence-corrected chi connectivity index (χ3v) is 4.42. The lowest BCUT2D eigenvalue weighted by Crippen LogP contribution is -2.37. The van der Waals surface area contributed by atoms with Crippen molar-refractivity contribution in [2.75, 3.05) is 39.5 Å². The van der Waals surface area contributed by atoms with Gasteiger partial charge in [0, 0.05) is 19.6 Å². The molecule has 4 heteroatoms. The number of benzene rings is 1. The van der Waals surface area contributed by atoms with Crippen LogP contribution in [0, 0.1) is 0 Å². The fourth-order valence-corrected chi connectivity index (χ4v) is 2.91. The van der Waals surface area contributed by atoms with Crippen molar-refractivity contribution in [3.63, 3.8) is 0 Å². The fourth-order valence-electron chi connectivity index (χ4n) is 2.91. The minimum atomic E-state index is -0.347. The van der Waals surface area contributed by atoms with Gasteiger partial charge in [0.1, 0.15) is 0 Å². The molecule has 0 spiro atoms. The van der Waals surface area contributed by atoms with Gasteiger partial charge in [-0.1, -0.05) is 30.3 Å². The molecule has 1 saturated heterocycles. The van der Waals surface area contributed by atoms with Gasteiger partial charge >= 0.3 is 5.97 Å². The number of hydrogen-bond acceptors (Lipinski definition) is 4. The number of morpholine rings is 1. The zero-order chi connectivity index (χ0) is 14.5. The summed E-state index contributed by atoms with van der Waals surface area (Å²) in [6, 6.07) is 10.0. The molecule has 0 aromatic heterocycles. The number of rotatable bonds is 6. The second-order valence-electron chi connectivity index (χ2n) is 5.89. The molecule has 0 N–H and O–H groups in total. The highest BCUT2D eigenvalue weighted by atomic mass is 16.5. The lowest BCUT2D eigenvalue weighted by Gasteiger charge is -2.26. The summed E-state index contributed by atoms with van der Waals surface area (Å²) in [5, 5.41) is 0. The van der Waals surface area contributed by atoms with Crippen LogP contribution in [-0.2, 0) is 19.7 Å². The average molecular weight is 289 g/mol. The number of carbonyl (C=O) groups excluding carboxylic acids is 1. The summed E-state index contributed by atoms with van der Waals surface area (Å²) in [5.74, 6) is -0.0457. The SMILES string of the molecule is O=C(OCCCN1CCOCC1)C1(c2ccccc2)CC1. The van der Waals surface area contributed by atoms with Crippen LogP contribution >= 0.6 is 0 Å². The molecule has 1 heterocycles. The van der Waals surface area contributed by atoms with Gasteiger partial charge in [-0.2, -0.15) is 0 Å². The molecule has 1 aliphatic heterocycles. The molecular weight excluding hydrogens is 266 g/mol. The van der Waals surface area contributed by atoms with E-state index in [1.54, 1.807) is 0 Å². The third-order valence-electron chi connectivity index (χ3n) is 4.42. The van der Waals surface area contributed by atoms with E-state index in [0.717, 1.165) is 57.7 Å². The van der Waals surface area contributed by atoms with Crippen molar-refractivity contribution in [3.05, 3.63) is 35.9 Å². The van der Waals surface area contributed by atoms with Gasteiger partial charge in [-0.05, 0) is 24.8 Å². The van der Waals surface area contributed by atoms with Crippen LogP contribution in [0.3, 0.4) is 0 Å². The number of esters is 1.